The van der Waals surface area contributed by atoms with Gasteiger partial charge in [0.2, 0.25) is 0 Å². The Morgan fingerprint density at radius 2 is 1.79 bits per heavy atom. The highest BCUT2D eigenvalue weighted by molar-refractivity contribution is 5.80. The van der Waals surface area contributed by atoms with E-state index in [1.165, 1.54) is 31.2 Å². The first-order valence-electron chi connectivity index (χ1n) is 10.8. The van der Waals surface area contributed by atoms with Crippen LogP contribution in [0.5, 0.6) is 0 Å². The van der Waals surface area contributed by atoms with Gasteiger partial charge >= 0.3 is 6.18 Å². The van der Waals surface area contributed by atoms with Crippen LogP contribution in [0, 0.1) is 11.8 Å². The Labute approximate surface area is 168 Å². The van der Waals surface area contributed by atoms with Crippen molar-refractivity contribution in [3.05, 3.63) is 0 Å². The number of piperidine rings is 1. The number of alkyl halides is 3. The highest BCUT2D eigenvalue weighted by Crippen LogP contribution is 2.25. The zero-order chi connectivity index (χ0) is 20.7. The van der Waals surface area contributed by atoms with E-state index in [1.807, 2.05) is 6.92 Å². The monoisotopic (exact) mass is 405 g/mol. The van der Waals surface area contributed by atoms with Crippen LogP contribution in [-0.4, -0.2) is 91.8 Å². The number of piperazine rings is 1. The molecule has 0 bridgehead atoms. The lowest BCUT2D eigenvalue weighted by molar-refractivity contribution is -0.181. The Kier molecular flexibility index (Phi) is 8.86. The summed E-state index contributed by atoms with van der Waals surface area (Å²) < 4.78 is 38.9. The van der Waals surface area contributed by atoms with Gasteiger partial charge in [-0.25, -0.2) is 0 Å². The molecule has 2 atom stereocenters. The number of nitrogens with zero attached hydrogens (tertiary/aromatic N) is 4. The zero-order valence-electron chi connectivity index (χ0n) is 17.9. The van der Waals surface area contributed by atoms with Crippen molar-refractivity contribution in [2.24, 2.45) is 16.8 Å². The van der Waals surface area contributed by atoms with Crippen molar-refractivity contribution in [1.82, 2.24) is 20.0 Å². The molecular weight excluding hydrogens is 367 g/mol. The molecule has 0 aromatic heterocycles. The Bertz CT molecular complexity index is 487. The van der Waals surface area contributed by atoms with Gasteiger partial charge in [0.05, 0.1) is 0 Å². The lowest BCUT2D eigenvalue weighted by Gasteiger charge is -2.40. The molecule has 0 spiro atoms. The molecule has 0 aromatic carbocycles. The predicted octanol–water partition coefficient (Wildman–Crippen LogP) is 2.89. The van der Waals surface area contributed by atoms with Crippen LogP contribution in [0.1, 0.15) is 40.5 Å². The van der Waals surface area contributed by atoms with Crippen molar-refractivity contribution in [3.63, 3.8) is 0 Å². The quantitative estimate of drug-likeness (QED) is 0.544. The summed E-state index contributed by atoms with van der Waals surface area (Å²) in [5.41, 5.74) is 0. The van der Waals surface area contributed by atoms with Crippen molar-refractivity contribution in [2.75, 3.05) is 58.9 Å². The van der Waals surface area contributed by atoms with E-state index in [9.17, 15) is 13.2 Å². The maximum absolute atomic E-state index is 13.0. The average molecular weight is 406 g/mol. The fourth-order valence-corrected chi connectivity index (χ4v) is 4.15. The molecule has 0 amide bonds. The van der Waals surface area contributed by atoms with Crippen molar-refractivity contribution in [1.29, 1.82) is 0 Å². The number of nitrogens with one attached hydrogen (secondary N) is 1. The SMILES string of the molecule is CCNC(=NCC1CCCN(CC(C)C)C1)N1CCN(C(C)C(F)(F)F)CC1. The molecule has 0 aliphatic carbocycles. The molecule has 8 heteroatoms. The lowest BCUT2D eigenvalue weighted by Crippen LogP contribution is -2.56. The van der Waals surface area contributed by atoms with Crippen LogP contribution in [-0.2, 0) is 0 Å². The molecule has 164 valence electrons. The summed E-state index contributed by atoms with van der Waals surface area (Å²) in [6, 6.07) is -1.39. The minimum atomic E-state index is -4.16. The second kappa shape index (κ2) is 10.7. The maximum atomic E-state index is 13.0. The first-order chi connectivity index (χ1) is 13.2. The highest BCUT2D eigenvalue weighted by atomic mass is 19.4. The third-order valence-electron chi connectivity index (χ3n) is 5.70. The summed E-state index contributed by atoms with van der Waals surface area (Å²) in [4.78, 5) is 11.0. The summed E-state index contributed by atoms with van der Waals surface area (Å²) in [6.45, 7) is 14.7. The smallest absolute Gasteiger partial charge is 0.357 e. The molecule has 0 saturated carbocycles. The van der Waals surface area contributed by atoms with Gasteiger partial charge in [0.15, 0.2) is 5.96 Å². The summed E-state index contributed by atoms with van der Waals surface area (Å²) in [5, 5.41) is 3.33. The molecule has 1 N–H and O–H groups in total. The molecule has 5 nitrogen and oxygen atoms in total. The molecule has 0 aromatic rings. The molecule has 28 heavy (non-hydrogen) atoms. The van der Waals surface area contributed by atoms with E-state index in [-0.39, 0.29) is 0 Å². The first kappa shape index (κ1) is 23.3. The number of hydrogen-bond acceptors (Lipinski definition) is 3. The van der Waals surface area contributed by atoms with Crippen LogP contribution in [0.15, 0.2) is 4.99 Å². The average Bonchev–Trinajstić information content (AvgIpc) is 2.64. The third kappa shape index (κ3) is 7.10. The van der Waals surface area contributed by atoms with Crippen molar-refractivity contribution < 1.29 is 13.2 Å². The van der Waals surface area contributed by atoms with Gasteiger partial charge in [-0.2, -0.15) is 13.2 Å². The minimum absolute atomic E-state index is 0.413. The van der Waals surface area contributed by atoms with Crippen LogP contribution >= 0.6 is 0 Å². The largest absolute Gasteiger partial charge is 0.403 e. The van der Waals surface area contributed by atoms with Gasteiger partial charge < -0.3 is 15.1 Å². The topological polar surface area (TPSA) is 34.1 Å². The van der Waals surface area contributed by atoms with Crippen LogP contribution in [0.4, 0.5) is 13.2 Å². The van der Waals surface area contributed by atoms with E-state index in [2.05, 4.69) is 29.0 Å². The molecule has 2 aliphatic rings. The highest BCUT2D eigenvalue weighted by Gasteiger charge is 2.41. The van der Waals surface area contributed by atoms with Crippen LogP contribution in [0.3, 0.4) is 0 Å². The van der Waals surface area contributed by atoms with Gasteiger partial charge in [-0.15, -0.1) is 0 Å². The molecule has 2 heterocycles. The third-order valence-corrected chi connectivity index (χ3v) is 5.70. The Balaban J connectivity index is 1.89. The van der Waals surface area contributed by atoms with E-state index < -0.39 is 12.2 Å². The Morgan fingerprint density at radius 1 is 1.11 bits per heavy atom. The summed E-state index contributed by atoms with van der Waals surface area (Å²) in [5.74, 6) is 2.09. The molecule has 2 saturated heterocycles. The van der Waals surface area contributed by atoms with Crippen molar-refractivity contribution in [2.45, 2.75) is 52.8 Å². The standard InChI is InChI=1S/C20H38F3N5/c1-5-24-19(25-13-18-7-6-8-26(15-18)14-16(2)3)28-11-9-27(10-12-28)17(4)20(21,22)23/h16-18H,5-15H2,1-4H3,(H,24,25). The second-order valence-electron chi connectivity index (χ2n) is 8.60. The van der Waals surface area contributed by atoms with Gasteiger partial charge in [0.25, 0.3) is 0 Å². The number of aliphatic imine (C=N–C) groups is 1. The zero-order valence-corrected chi connectivity index (χ0v) is 17.9. The number of hydrogen-bond donors (Lipinski definition) is 1. The van der Waals surface area contributed by atoms with Gasteiger partial charge in [0.1, 0.15) is 6.04 Å². The number of halogens is 3. The van der Waals surface area contributed by atoms with E-state index in [4.69, 9.17) is 4.99 Å². The van der Waals surface area contributed by atoms with E-state index in [1.54, 1.807) is 0 Å². The van der Waals surface area contributed by atoms with E-state index in [0.29, 0.717) is 38.0 Å². The molecule has 0 radical (unpaired) electrons. The Morgan fingerprint density at radius 3 is 2.36 bits per heavy atom. The summed E-state index contributed by atoms with van der Waals surface area (Å²) in [6.07, 6.45) is -1.74. The first-order valence-corrected chi connectivity index (χ1v) is 10.8. The minimum Gasteiger partial charge on any atom is -0.357 e. The maximum Gasteiger partial charge on any atom is 0.403 e. The lowest BCUT2D eigenvalue weighted by atomic mass is 9.97. The number of guanidine groups is 1. The van der Waals surface area contributed by atoms with Crippen LogP contribution < -0.4 is 5.32 Å². The van der Waals surface area contributed by atoms with E-state index in [0.717, 1.165) is 32.1 Å². The summed E-state index contributed by atoms with van der Waals surface area (Å²) >= 11 is 0. The molecule has 2 rings (SSSR count). The fraction of sp³-hybridized carbons (Fsp3) is 0.950. The van der Waals surface area contributed by atoms with Crippen LogP contribution in [0.2, 0.25) is 0 Å². The molecular formula is C20H38F3N5. The number of likely N-dealkylation sites (tertiary alicyclic amines) is 1. The summed E-state index contributed by atoms with van der Waals surface area (Å²) in [7, 11) is 0. The molecule has 2 fully saturated rings. The van der Waals surface area contributed by atoms with Crippen molar-refractivity contribution >= 4 is 5.96 Å². The predicted molar refractivity (Wildman–Crippen MR) is 109 cm³/mol. The van der Waals surface area contributed by atoms with Gasteiger partial charge in [-0.05, 0) is 45.1 Å². The van der Waals surface area contributed by atoms with Crippen LogP contribution in [0.25, 0.3) is 0 Å². The fourth-order valence-electron chi connectivity index (χ4n) is 4.15. The second-order valence-corrected chi connectivity index (χ2v) is 8.60. The van der Waals surface area contributed by atoms with Gasteiger partial charge in [-0.3, -0.25) is 9.89 Å². The molecule has 2 unspecified atom stereocenters. The number of rotatable bonds is 6. The van der Waals surface area contributed by atoms with Crippen molar-refractivity contribution in [3.8, 4) is 0 Å². The van der Waals surface area contributed by atoms with E-state index >= 15 is 0 Å². The Hall–Kier alpha value is -1.02. The normalized spacial score (nSPS) is 24.6. The van der Waals surface area contributed by atoms with Gasteiger partial charge in [-0.1, -0.05) is 13.8 Å². The molecule has 2 aliphatic heterocycles. The van der Waals surface area contributed by atoms with Gasteiger partial charge in [0, 0.05) is 52.4 Å².